The van der Waals surface area contributed by atoms with E-state index in [4.69, 9.17) is 16.3 Å². The fourth-order valence-electron chi connectivity index (χ4n) is 4.21. The van der Waals surface area contributed by atoms with Crippen LogP contribution in [0, 0.1) is 0 Å². The number of aliphatic hydroxyl groups is 5. The van der Waals surface area contributed by atoms with E-state index in [-0.39, 0.29) is 0 Å². The molecule has 0 aliphatic carbocycles. The van der Waals surface area contributed by atoms with Crippen LogP contribution in [0.4, 0.5) is 0 Å². The first-order valence-corrected chi connectivity index (χ1v) is 10.9. The Morgan fingerprint density at radius 3 is 2.31 bits per heavy atom. The first-order chi connectivity index (χ1) is 15.1. The summed E-state index contributed by atoms with van der Waals surface area (Å²) in [6, 6.07) is 13.1. The number of ether oxygens (including phenoxy) is 1. The average molecular weight is 462 g/mol. The van der Waals surface area contributed by atoms with Gasteiger partial charge < -0.3 is 34.8 Å². The van der Waals surface area contributed by atoms with Gasteiger partial charge in [0.25, 0.3) is 0 Å². The lowest BCUT2D eigenvalue weighted by atomic mass is 9.95. The number of rotatable bonds is 5. The molecule has 5 atom stereocenters. The summed E-state index contributed by atoms with van der Waals surface area (Å²) >= 11 is 6.23. The molecule has 1 aliphatic rings. The van der Waals surface area contributed by atoms with Crippen molar-refractivity contribution in [1.29, 1.82) is 0 Å². The van der Waals surface area contributed by atoms with Crippen LogP contribution in [0.1, 0.15) is 36.8 Å². The normalized spacial score (nSPS) is 26.6. The molecule has 172 valence electrons. The average Bonchev–Trinajstić information content (AvgIpc) is 3.09. The Morgan fingerprint density at radius 2 is 1.69 bits per heavy atom. The maximum Gasteiger partial charge on any atom is 0.163 e. The van der Waals surface area contributed by atoms with E-state index < -0.39 is 42.9 Å². The van der Waals surface area contributed by atoms with Crippen LogP contribution < -0.4 is 0 Å². The highest BCUT2D eigenvalue weighted by molar-refractivity contribution is 6.31. The second-order valence-corrected chi connectivity index (χ2v) is 9.31. The third kappa shape index (κ3) is 4.30. The van der Waals surface area contributed by atoms with Gasteiger partial charge in [0.1, 0.15) is 24.4 Å². The van der Waals surface area contributed by atoms with Gasteiger partial charge in [-0.25, -0.2) is 0 Å². The van der Waals surface area contributed by atoms with Crippen LogP contribution in [0.25, 0.3) is 10.9 Å². The Labute approximate surface area is 191 Å². The molecule has 32 heavy (non-hydrogen) atoms. The van der Waals surface area contributed by atoms with Crippen molar-refractivity contribution >= 4 is 22.5 Å². The second-order valence-electron chi connectivity index (χ2n) is 8.88. The van der Waals surface area contributed by atoms with Crippen molar-refractivity contribution in [1.82, 2.24) is 4.57 Å². The number of hydrogen-bond acceptors (Lipinski definition) is 6. The number of aliphatic hydroxyl groups excluding tert-OH is 4. The maximum atomic E-state index is 10.6. The Bertz CT molecular complexity index is 1090. The Balaban J connectivity index is 1.73. The molecule has 0 unspecified atom stereocenters. The zero-order valence-electron chi connectivity index (χ0n) is 17.9. The number of hydrogen-bond donors (Lipinski definition) is 5. The Hall–Kier alpha value is -1.97. The van der Waals surface area contributed by atoms with E-state index in [0.717, 1.165) is 22.1 Å². The molecule has 2 heterocycles. The number of fused-ring (bicyclic) bond motifs is 1. The van der Waals surface area contributed by atoms with Crippen LogP contribution in [0.2, 0.25) is 5.02 Å². The van der Waals surface area contributed by atoms with Gasteiger partial charge in [-0.3, -0.25) is 0 Å². The topological polar surface area (TPSA) is 115 Å². The number of halogens is 1. The summed E-state index contributed by atoms with van der Waals surface area (Å²) in [6.07, 6.45) is -3.91. The molecule has 1 aliphatic heterocycles. The molecule has 5 N–H and O–H groups in total. The fraction of sp³-hybridized carbons (Fsp3) is 0.417. The SMILES string of the molecule is CC(C)(O)c1ccc(Cc2cn([C@@H]3O[C@H](CO)[C@@H](O)[C@H](O)[C@H]3O)c3cc(Cl)ccc23)cc1. The van der Waals surface area contributed by atoms with Gasteiger partial charge in [0.05, 0.1) is 17.7 Å². The molecule has 0 saturated carbocycles. The largest absolute Gasteiger partial charge is 0.394 e. The van der Waals surface area contributed by atoms with E-state index in [0.29, 0.717) is 17.0 Å². The van der Waals surface area contributed by atoms with Crippen molar-refractivity contribution in [2.24, 2.45) is 0 Å². The summed E-state index contributed by atoms with van der Waals surface area (Å²) in [4.78, 5) is 0. The molecule has 4 rings (SSSR count). The monoisotopic (exact) mass is 461 g/mol. The quantitative estimate of drug-likeness (QED) is 0.397. The third-order valence-corrected chi connectivity index (χ3v) is 6.31. The van der Waals surface area contributed by atoms with Gasteiger partial charge in [-0.15, -0.1) is 0 Å². The molecule has 0 amide bonds. The summed E-state index contributed by atoms with van der Waals surface area (Å²) in [5.41, 5.74) is 2.57. The van der Waals surface area contributed by atoms with Gasteiger partial charge in [0.2, 0.25) is 0 Å². The maximum absolute atomic E-state index is 10.6. The molecule has 7 nitrogen and oxygen atoms in total. The molecule has 0 bridgehead atoms. The minimum Gasteiger partial charge on any atom is -0.394 e. The second kappa shape index (κ2) is 8.76. The van der Waals surface area contributed by atoms with Crippen LogP contribution in [-0.2, 0) is 16.8 Å². The lowest BCUT2D eigenvalue weighted by molar-refractivity contribution is -0.250. The molecule has 8 heteroatoms. The molecule has 0 spiro atoms. The number of aromatic nitrogens is 1. The summed E-state index contributed by atoms with van der Waals surface area (Å²) in [5, 5.41) is 52.1. The number of nitrogens with zero attached hydrogens (tertiary/aromatic N) is 1. The Morgan fingerprint density at radius 1 is 1.00 bits per heavy atom. The highest BCUT2D eigenvalue weighted by Gasteiger charge is 2.44. The lowest BCUT2D eigenvalue weighted by Crippen LogP contribution is -2.56. The Kier molecular flexibility index (Phi) is 6.35. The molecule has 1 fully saturated rings. The van der Waals surface area contributed by atoms with Gasteiger partial charge in [-0.05, 0) is 49.1 Å². The van der Waals surface area contributed by atoms with Crippen LogP contribution in [-0.4, -0.2) is 61.1 Å². The van der Waals surface area contributed by atoms with Crippen LogP contribution in [0.3, 0.4) is 0 Å². The minimum atomic E-state index is -1.47. The summed E-state index contributed by atoms with van der Waals surface area (Å²) in [7, 11) is 0. The molecule has 2 aromatic carbocycles. The van der Waals surface area contributed by atoms with Gasteiger partial charge >= 0.3 is 0 Å². The number of benzene rings is 2. The minimum absolute atomic E-state index is 0.498. The molecular weight excluding hydrogens is 434 g/mol. The lowest BCUT2D eigenvalue weighted by Gasteiger charge is -2.40. The standard InChI is InChI=1S/C24H28ClNO6/c1-24(2,31)15-5-3-13(4-6-15)9-14-11-26(18-10-16(25)7-8-17(14)18)23-22(30)21(29)20(28)19(12-27)32-23/h3-8,10-11,19-23,27-31H,9,12H2,1-2H3/t19-,20-,21+,22-,23-/m1/s1. The van der Waals surface area contributed by atoms with Crippen molar-refractivity contribution < 1.29 is 30.3 Å². The van der Waals surface area contributed by atoms with Crippen LogP contribution in [0.15, 0.2) is 48.7 Å². The molecule has 1 saturated heterocycles. The van der Waals surface area contributed by atoms with Crippen molar-refractivity contribution in [3.05, 3.63) is 70.4 Å². The predicted octanol–water partition coefficient (Wildman–Crippen LogP) is 2.09. The summed E-state index contributed by atoms with van der Waals surface area (Å²) < 4.78 is 7.45. The van der Waals surface area contributed by atoms with Crippen molar-refractivity contribution in [3.8, 4) is 0 Å². The molecular formula is C24H28ClNO6. The molecule has 1 aromatic heterocycles. The zero-order valence-corrected chi connectivity index (χ0v) is 18.6. The van der Waals surface area contributed by atoms with Crippen molar-refractivity contribution in [3.63, 3.8) is 0 Å². The van der Waals surface area contributed by atoms with Crippen LogP contribution >= 0.6 is 11.6 Å². The smallest absolute Gasteiger partial charge is 0.163 e. The van der Waals surface area contributed by atoms with E-state index in [1.807, 2.05) is 36.5 Å². The van der Waals surface area contributed by atoms with E-state index in [2.05, 4.69) is 0 Å². The van der Waals surface area contributed by atoms with E-state index in [1.54, 1.807) is 30.5 Å². The summed E-state index contributed by atoms with van der Waals surface area (Å²) in [5.74, 6) is 0. The molecule has 3 aromatic rings. The van der Waals surface area contributed by atoms with E-state index in [1.165, 1.54) is 0 Å². The molecule has 0 radical (unpaired) electrons. The van der Waals surface area contributed by atoms with Gasteiger partial charge in [-0.1, -0.05) is 41.9 Å². The predicted molar refractivity (Wildman–Crippen MR) is 120 cm³/mol. The van der Waals surface area contributed by atoms with E-state index >= 15 is 0 Å². The highest BCUT2D eigenvalue weighted by atomic mass is 35.5. The third-order valence-electron chi connectivity index (χ3n) is 6.08. The first kappa shape index (κ1) is 23.2. The highest BCUT2D eigenvalue weighted by Crippen LogP contribution is 2.35. The van der Waals surface area contributed by atoms with Crippen molar-refractivity contribution in [2.75, 3.05) is 6.61 Å². The van der Waals surface area contributed by atoms with Gasteiger partial charge in [0.15, 0.2) is 6.23 Å². The first-order valence-electron chi connectivity index (χ1n) is 10.5. The van der Waals surface area contributed by atoms with Gasteiger partial charge in [-0.2, -0.15) is 0 Å². The van der Waals surface area contributed by atoms with Crippen molar-refractivity contribution in [2.45, 2.75) is 56.5 Å². The fourth-order valence-corrected chi connectivity index (χ4v) is 4.38. The van der Waals surface area contributed by atoms with Gasteiger partial charge in [0, 0.05) is 16.6 Å². The summed E-state index contributed by atoms with van der Waals surface area (Å²) in [6.45, 7) is 2.97. The zero-order chi connectivity index (χ0) is 23.2. The van der Waals surface area contributed by atoms with Crippen LogP contribution in [0.5, 0.6) is 0 Å². The van der Waals surface area contributed by atoms with E-state index in [9.17, 15) is 25.5 Å².